The Morgan fingerprint density at radius 2 is 2.05 bits per heavy atom. The largest absolute Gasteiger partial charge is 0.301 e. The number of halogens is 1. The Bertz CT molecular complexity index is 830. The fourth-order valence-corrected chi connectivity index (χ4v) is 2.51. The molecule has 4 nitrogen and oxygen atoms in total. The molecule has 5 heteroatoms. The Morgan fingerprint density at radius 3 is 2.77 bits per heavy atom. The summed E-state index contributed by atoms with van der Waals surface area (Å²) in [5.41, 5.74) is 3.40. The minimum atomic E-state index is -0.484. The van der Waals surface area contributed by atoms with Gasteiger partial charge in [-0.15, -0.1) is 0 Å². The molecule has 0 spiro atoms. The number of nitrogens with one attached hydrogen (secondary N) is 1. The normalized spacial score (nSPS) is 12.2. The fraction of sp³-hybridized carbons (Fsp3) is 0.176. The van der Waals surface area contributed by atoms with Gasteiger partial charge in [0.15, 0.2) is 0 Å². The number of benzene rings is 1. The third-order valence-electron chi connectivity index (χ3n) is 3.58. The van der Waals surface area contributed by atoms with Crippen molar-refractivity contribution < 1.29 is 4.39 Å². The summed E-state index contributed by atoms with van der Waals surface area (Å²) in [4.78, 5) is 4.47. The molecule has 110 valence electrons. The predicted octanol–water partition coefficient (Wildman–Crippen LogP) is 3.14. The number of aryl methyl sites for hydroxylation is 1. The number of imidazole rings is 1. The Labute approximate surface area is 127 Å². The minimum Gasteiger partial charge on any atom is -0.301 e. The van der Waals surface area contributed by atoms with Gasteiger partial charge in [0, 0.05) is 12.7 Å². The zero-order chi connectivity index (χ0) is 15.5. The summed E-state index contributed by atoms with van der Waals surface area (Å²) in [7, 11) is 0. The molecule has 0 amide bonds. The highest BCUT2D eigenvalue weighted by Gasteiger charge is 2.18. The first-order valence-electron chi connectivity index (χ1n) is 7.00. The van der Waals surface area contributed by atoms with Gasteiger partial charge in [0.1, 0.15) is 17.5 Å². The smallest absolute Gasteiger partial charge is 0.138 e. The molecule has 0 aliphatic heterocycles. The second-order valence-electron chi connectivity index (χ2n) is 5.08. The predicted molar refractivity (Wildman–Crippen MR) is 81.5 cm³/mol. The number of aromatic nitrogens is 2. The van der Waals surface area contributed by atoms with Crippen molar-refractivity contribution >= 4 is 5.65 Å². The molecule has 0 aliphatic carbocycles. The van der Waals surface area contributed by atoms with Crippen LogP contribution in [0.4, 0.5) is 4.39 Å². The molecule has 0 fully saturated rings. The van der Waals surface area contributed by atoms with E-state index in [-0.39, 0.29) is 5.82 Å². The summed E-state index contributed by atoms with van der Waals surface area (Å²) in [6.45, 7) is 2.38. The number of nitriles is 1. The minimum absolute atomic E-state index is 0.266. The summed E-state index contributed by atoms with van der Waals surface area (Å²) in [6, 6.07) is 13.8. The molecule has 1 N–H and O–H groups in total. The van der Waals surface area contributed by atoms with Crippen LogP contribution in [0.5, 0.6) is 0 Å². The molecule has 22 heavy (non-hydrogen) atoms. The molecule has 1 unspecified atom stereocenters. The van der Waals surface area contributed by atoms with Crippen molar-refractivity contribution in [2.24, 2.45) is 0 Å². The maximum Gasteiger partial charge on any atom is 0.138 e. The van der Waals surface area contributed by atoms with Gasteiger partial charge in [-0.3, -0.25) is 5.32 Å². The van der Waals surface area contributed by atoms with Crippen LogP contribution in [0.2, 0.25) is 0 Å². The first kappa shape index (κ1) is 14.2. The van der Waals surface area contributed by atoms with Gasteiger partial charge in [-0.05, 0) is 36.8 Å². The lowest BCUT2D eigenvalue weighted by Crippen LogP contribution is -2.21. The standard InChI is InChI=1S/C17H15FN4/c1-12-17(22-9-3-2-4-16(22)21-12)15(10-19)20-11-13-5-7-14(18)8-6-13/h2-9,15,20H,11H2,1H3. The number of pyridine rings is 1. The first-order valence-corrected chi connectivity index (χ1v) is 7.00. The van der Waals surface area contributed by atoms with Crippen LogP contribution < -0.4 is 5.32 Å². The van der Waals surface area contributed by atoms with E-state index in [0.717, 1.165) is 22.6 Å². The number of hydrogen-bond acceptors (Lipinski definition) is 3. The molecule has 1 atom stereocenters. The van der Waals surface area contributed by atoms with Gasteiger partial charge in [0.25, 0.3) is 0 Å². The monoisotopic (exact) mass is 294 g/mol. The zero-order valence-corrected chi connectivity index (χ0v) is 12.1. The van der Waals surface area contributed by atoms with Crippen LogP contribution in [0.25, 0.3) is 5.65 Å². The van der Waals surface area contributed by atoms with E-state index >= 15 is 0 Å². The molecule has 3 aromatic rings. The van der Waals surface area contributed by atoms with Crippen LogP contribution in [0.3, 0.4) is 0 Å². The molecule has 2 aromatic heterocycles. The van der Waals surface area contributed by atoms with Crippen LogP contribution in [0, 0.1) is 24.1 Å². The van der Waals surface area contributed by atoms with Crippen molar-refractivity contribution in [2.75, 3.05) is 0 Å². The summed E-state index contributed by atoms with van der Waals surface area (Å²) in [6.07, 6.45) is 1.90. The number of nitrogens with zero attached hydrogens (tertiary/aromatic N) is 3. The SMILES string of the molecule is Cc1nc2ccccn2c1C(C#N)NCc1ccc(F)cc1. The molecule has 0 saturated heterocycles. The maximum absolute atomic E-state index is 12.9. The lowest BCUT2D eigenvalue weighted by molar-refractivity contribution is 0.604. The topological polar surface area (TPSA) is 53.1 Å². The molecule has 0 saturated carbocycles. The average molecular weight is 294 g/mol. The lowest BCUT2D eigenvalue weighted by Gasteiger charge is -2.12. The van der Waals surface area contributed by atoms with Crippen molar-refractivity contribution in [2.45, 2.75) is 19.5 Å². The van der Waals surface area contributed by atoms with Crippen LogP contribution in [0.1, 0.15) is 23.0 Å². The van der Waals surface area contributed by atoms with E-state index in [1.165, 1.54) is 12.1 Å². The van der Waals surface area contributed by atoms with E-state index in [4.69, 9.17) is 0 Å². The van der Waals surface area contributed by atoms with Gasteiger partial charge < -0.3 is 4.40 Å². The molecule has 3 rings (SSSR count). The zero-order valence-electron chi connectivity index (χ0n) is 12.1. The summed E-state index contributed by atoms with van der Waals surface area (Å²) < 4.78 is 14.8. The van der Waals surface area contributed by atoms with Gasteiger partial charge in [-0.25, -0.2) is 9.37 Å². The number of rotatable bonds is 4. The highest BCUT2D eigenvalue weighted by Crippen LogP contribution is 2.19. The Kier molecular flexibility index (Phi) is 3.86. The van der Waals surface area contributed by atoms with Crippen LogP contribution in [0.15, 0.2) is 48.7 Å². The summed E-state index contributed by atoms with van der Waals surface area (Å²) in [5.74, 6) is -0.266. The third kappa shape index (κ3) is 2.69. The average Bonchev–Trinajstić information content (AvgIpc) is 2.86. The molecule has 1 aromatic carbocycles. The summed E-state index contributed by atoms with van der Waals surface area (Å²) in [5, 5.41) is 12.7. The van der Waals surface area contributed by atoms with Gasteiger partial charge in [-0.2, -0.15) is 5.26 Å². The number of hydrogen-bond donors (Lipinski definition) is 1. The first-order chi connectivity index (χ1) is 10.7. The maximum atomic E-state index is 12.9. The number of fused-ring (bicyclic) bond motifs is 1. The van der Waals surface area contributed by atoms with E-state index in [0.29, 0.717) is 6.54 Å². The quantitative estimate of drug-likeness (QED) is 0.804. The van der Waals surface area contributed by atoms with Gasteiger partial charge in [0.05, 0.1) is 17.5 Å². The molecular formula is C17H15FN4. The molecule has 2 heterocycles. The van der Waals surface area contributed by atoms with Crippen LogP contribution in [-0.4, -0.2) is 9.38 Å². The van der Waals surface area contributed by atoms with Gasteiger partial charge in [-0.1, -0.05) is 18.2 Å². The van der Waals surface area contributed by atoms with Crippen molar-refractivity contribution in [1.82, 2.24) is 14.7 Å². The fourth-order valence-electron chi connectivity index (χ4n) is 2.51. The Balaban J connectivity index is 1.86. The van der Waals surface area contributed by atoms with Gasteiger partial charge in [0.2, 0.25) is 0 Å². The van der Waals surface area contributed by atoms with Gasteiger partial charge >= 0.3 is 0 Å². The van der Waals surface area contributed by atoms with E-state index in [2.05, 4.69) is 16.4 Å². The van der Waals surface area contributed by atoms with Crippen LogP contribution >= 0.6 is 0 Å². The van der Waals surface area contributed by atoms with Crippen molar-refractivity contribution in [3.63, 3.8) is 0 Å². The highest BCUT2D eigenvalue weighted by molar-refractivity contribution is 5.44. The second kappa shape index (κ2) is 5.96. The highest BCUT2D eigenvalue weighted by atomic mass is 19.1. The second-order valence-corrected chi connectivity index (χ2v) is 5.08. The van der Waals surface area contributed by atoms with E-state index in [1.54, 1.807) is 12.1 Å². The van der Waals surface area contributed by atoms with Crippen molar-refractivity contribution in [3.05, 3.63) is 71.4 Å². The summed E-state index contributed by atoms with van der Waals surface area (Å²) >= 11 is 0. The van der Waals surface area contributed by atoms with E-state index in [1.807, 2.05) is 35.7 Å². The third-order valence-corrected chi connectivity index (χ3v) is 3.58. The molecule has 0 aliphatic rings. The Morgan fingerprint density at radius 1 is 1.27 bits per heavy atom. The van der Waals surface area contributed by atoms with E-state index in [9.17, 15) is 9.65 Å². The lowest BCUT2D eigenvalue weighted by atomic mass is 10.1. The molecule has 0 radical (unpaired) electrons. The Hall–Kier alpha value is -2.71. The van der Waals surface area contributed by atoms with E-state index < -0.39 is 6.04 Å². The van der Waals surface area contributed by atoms with Crippen LogP contribution in [-0.2, 0) is 6.54 Å². The van der Waals surface area contributed by atoms with Crippen molar-refractivity contribution in [1.29, 1.82) is 5.26 Å². The van der Waals surface area contributed by atoms with Crippen molar-refractivity contribution in [3.8, 4) is 6.07 Å². The molecule has 0 bridgehead atoms. The molecular weight excluding hydrogens is 279 g/mol.